The summed E-state index contributed by atoms with van der Waals surface area (Å²) in [6.45, 7) is 0. The zero-order valence-corrected chi connectivity index (χ0v) is 13.1. The third-order valence-corrected chi connectivity index (χ3v) is 3.79. The third-order valence-electron chi connectivity index (χ3n) is 3.54. The predicted molar refractivity (Wildman–Crippen MR) is 90.0 cm³/mol. The Kier molecular flexibility index (Phi) is 4.44. The highest BCUT2D eigenvalue weighted by molar-refractivity contribution is 6.30. The van der Waals surface area contributed by atoms with E-state index < -0.39 is 5.97 Å². The van der Waals surface area contributed by atoms with Gasteiger partial charge in [0, 0.05) is 23.2 Å². The second-order valence-electron chi connectivity index (χ2n) is 5.18. The molecule has 0 spiro atoms. The fourth-order valence-electron chi connectivity index (χ4n) is 2.40. The number of aromatic nitrogens is 2. The molecule has 0 saturated carbocycles. The molecular weight excluding hydrogens is 312 g/mol. The molecule has 0 aliphatic heterocycles. The van der Waals surface area contributed by atoms with Crippen molar-refractivity contribution in [3.63, 3.8) is 0 Å². The first-order chi connectivity index (χ1) is 11.1. The van der Waals surface area contributed by atoms with E-state index in [-0.39, 0.29) is 6.42 Å². The molecule has 3 rings (SSSR count). The van der Waals surface area contributed by atoms with Crippen LogP contribution >= 0.6 is 11.6 Å². The van der Waals surface area contributed by atoms with Gasteiger partial charge < -0.3 is 5.11 Å². The zero-order valence-electron chi connectivity index (χ0n) is 12.3. The molecule has 4 nitrogen and oxygen atoms in total. The summed E-state index contributed by atoms with van der Waals surface area (Å²) in [5, 5.41) is 14.3. The van der Waals surface area contributed by atoms with Crippen LogP contribution in [0.2, 0.25) is 5.02 Å². The summed E-state index contributed by atoms with van der Waals surface area (Å²) in [5.74, 6) is -0.816. The predicted octanol–water partition coefficient (Wildman–Crippen LogP) is 4.21. The molecule has 0 radical (unpaired) electrons. The summed E-state index contributed by atoms with van der Waals surface area (Å²) in [5.41, 5.74) is 3.57. The van der Waals surface area contributed by atoms with Gasteiger partial charge in [-0.3, -0.25) is 4.79 Å². The molecule has 0 aliphatic rings. The van der Waals surface area contributed by atoms with Crippen LogP contribution in [0.3, 0.4) is 0 Å². The molecule has 1 aromatic heterocycles. The number of carboxylic acid groups (broad SMARTS) is 1. The van der Waals surface area contributed by atoms with Crippen LogP contribution in [-0.2, 0) is 11.2 Å². The van der Waals surface area contributed by atoms with Gasteiger partial charge in [0.05, 0.1) is 11.4 Å². The quantitative estimate of drug-likeness (QED) is 0.764. The van der Waals surface area contributed by atoms with Gasteiger partial charge in [0.25, 0.3) is 0 Å². The summed E-state index contributed by atoms with van der Waals surface area (Å²) < 4.78 is 1.76. The van der Waals surface area contributed by atoms with E-state index in [1.54, 1.807) is 16.8 Å². The van der Waals surface area contributed by atoms with E-state index in [0.29, 0.717) is 11.4 Å². The van der Waals surface area contributed by atoms with Gasteiger partial charge in [-0.2, -0.15) is 5.10 Å². The molecular formula is C18H15ClN2O2. The van der Waals surface area contributed by atoms with Crippen molar-refractivity contribution in [2.45, 2.75) is 12.8 Å². The van der Waals surface area contributed by atoms with Crippen molar-refractivity contribution in [3.05, 3.63) is 71.4 Å². The minimum absolute atomic E-state index is 0.0755. The summed E-state index contributed by atoms with van der Waals surface area (Å²) in [6, 6.07) is 17.1. The zero-order chi connectivity index (χ0) is 16.2. The molecule has 0 unspecified atom stereocenters. The smallest absolute Gasteiger partial charge is 0.303 e. The minimum Gasteiger partial charge on any atom is -0.481 e. The normalized spacial score (nSPS) is 10.7. The Balaban J connectivity index is 2.02. The van der Waals surface area contributed by atoms with Crippen molar-refractivity contribution in [1.82, 2.24) is 9.78 Å². The van der Waals surface area contributed by atoms with Gasteiger partial charge in [0.15, 0.2) is 0 Å². The van der Waals surface area contributed by atoms with Gasteiger partial charge >= 0.3 is 5.97 Å². The SMILES string of the molecule is O=C(O)CCc1cn(-c2ccc(Cl)cc2)nc1-c1ccccc1. The molecule has 0 fully saturated rings. The Hall–Kier alpha value is -2.59. The summed E-state index contributed by atoms with van der Waals surface area (Å²) >= 11 is 5.92. The molecule has 0 atom stereocenters. The van der Waals surface area contributed by atoms with Crippen molar-refractivity contribution in [3.8, 4) is 16.9 Å². The number of aryl methyl sites for hydroxylation is 1. The lowest BCUT2D eigenvalue weighted by Crippen LogP contribution is -1.97. The van der Waals surface area contributed by atoms with E-state index in [0.717, 1.165) is 22.5 Å². The molecule has 5 heteroatoms. The minimum atomic E-state index is -0.816. The highest BCUT2D eigenvalue weighted by Crippen LogP contribution is 2.25. The summed E-state index contributed by atoms with van der Waals surface area (Å²) in [4.78, 5) is 10.9. The van der Waals surface area contributed by atoms with Gasteiger partial charge in [-0.1, -0.05) is 41.9 Å². The summed E-state index contributed by atoms with van der Waals surface area (Å²) in [6.07, 6.45) is 2.40. The first-order valence-electron chi connectivity index (χ1n) is 7.25. The van der Waals surface area contributed by atoms with Crippen LogP contribution in [0, 0.1) is 0 Å². The molecule has 1 N–H and O–H groups in total. The van der Waals surface area contributed by atoms with Crippen LogP contribution in [0.4, 0.5) is 0 Å². The van der Waals surface area contributed by atoms with Crippen LogP contribution in [0.1, 0.15) is 12.0 Å². The molecule has 0 saturated heterocycles. The molecule has 0 amide bonds. The van der Waals surface area contributed by atoms with E-state index in [1.165, 1.54) is 0 Å². The maximum absolute atomic E-state index is 10.9. The highest BCUT2D eigenvalue weighted by Gasteiger charge is 2.13. The van der Waals surface area contributed by atoms with Gasteiger partial charge in [-0.15, -0.1) is 0 Å². The number of benzene rings is 2. The van der Waals surface area contributed by atoms with Gasteiger partial charge in [-0.25, -0.2) is 4.68 Å². The molecule has 23 heavy (non-hydrogen) atoms. The average molecular weight is 327 g/mol. The Bertz CT molecular complexity index is 811. The van der Waals surface area contributed by atoms with Crippen molar-refractivity contribution in [2.24, 2.45) is 0 Å². The van der Waals surface area contributed by atoms with E-state index in [4.69, 9.17) is 16.7 Å². The second-order valence-corrected chi connectivity index (χ2v) is 5.62. The molecule has 0 bridgehead atoms. The number of hydrogen-bond acceptors (Lipinski definition) is 2. The number of rotatable bonds is 5. The first-order valence-corrected chi connectivity index (χ1v) is 7.63. The van der Waals surface area contributed by atoms with Crippen LogP contribution in [0.5, 0.6) is 0 Å². The van der Waals surface area contributed by atoms with E-state index in [9.17, 15) is 4.79 Å². The lowest BCUT2D eigenvalue weighted by Gasteiger charge is -2.01. The van der Waals surface area contributed by atoms with Crippen LogP contribution in [0.15, 0.2) is 60.8 Å². The highest BCUT2D eigenvalue weighted by atomic mass is 35.5. The average Bonchev–Trinajstić information content (AvgIpc) is 2.98. The number of carbonyl (C=O) groups is 1. The Morgan fingerprint density at radius 1 is 1.09 bits per heavy atom. The third kappa shape index (κ3) is 3.60. The van der Waals surface area contributed by atoms with Gasteiger partial charge in [0.1, 0.15) is 0 Å². The first kappa shape index (κ1) is 15.3. The summed E-state index contributed by atoms with van der Waals surface area (Å²) in [7, 11) is 0. The number of hydrogen-bond donors (Lipinski definition) is 1. The molecule has 0 aliphatic carbocycles. The fourth-order valence-corrected chi connectivity index (χ4v) is 2.53. The Labute approximate surface area is 139 Å². The van der Waals surface area contributed by atoms with Crippen molar-refractivity contribution in [1.29, 1.82) is 0 Å². The van der Waals surface area contributed by atoms with E-state index in [1.807, 2.05) is 48.7 Å². The maximum atomic E-state index is 10.9. The standard InChI is InChI=1S/C18H15ClN2O2/c19-15-7-9-16(10-8-15)21-12-14(6-11-17(22)23)18(20-21)13-4-2-1-3-5-13/h1-5,7-10,12H,6,11H2,(H,22,23). The Morgan fingerprint density at radius 2 is 1.78 bits per heavy atom. The Morgan fingerprint density at radius 3 is 2.43 bits per heavy atom. The van der Waals surface area contributed by atoms with Crippen LogP contribution in [0.25, 0.3) is 16.9 Å². The molecule has 1 heterocycles. The number of halogens is 1. The van der Waals surface area contributed by atoms with Crippen LogP contribution in [-0.4, -0.2) is 20.9 Å². The van der Waals surface area contributed by atoms with Crippen molar-refractivity contribution >= 4 is 17.6 Å². The molecule has 2 aromatic carbocycles. The topological polar surface area (TPSA) is 55.1 Å². The van der Waals surface area contributed by atoms with E-state index in [2.05, 4.69) is 5.10 Å². The monoisotopic (exact) mass is 326 g/mol. The van der Waals surface area contributed by atoms with Crippen molar-refractivity contribution < 1.29 is 9.90 Å². The lowest BCUT2D eigenvalue weighted by molar-refractivity contribution is -0.136. The van der Waals surface area contributed by atoms with Gasteiger partial charge in [-0.05, 0) is 36.2 Å². The number of nitrogens with zero attached hydrogens (tertiary/aromatic N) is 2. The molecule has 116 valence electrons. The molecule has 3 aromatic rings. The van der Waals surface area contributed by atoms with Gasteiger partial charge in [0.2, 0.25) is 0 Å². The van der Waals surface area contributed by atoms with Crippen molar-refractivity contribution in [2.75, 3.05) is 0 Å². The number of carboxylic acids is 1. The fraction of sp³-hybridized carbons (Fsp3) is 0.111. The largest absolute Gasteiger partial charge is 0.481 e. The maximum Gasteiger partial charge on any atom is 0.303 e. The van der Waals surface area contributed by atoms with Crippen LogP contribution < -0.4 is 0 Å². The second kappa shape index (κ2) is 6.67. The number of aliphatic carboxylic acids is 1. The lowest BCUT2D eigenvalue weighted by atomic mass is 10.0. The van der Waals surface area contributed by atoms with E-state index >= 15 is 0 Å².